The van der Waals surface area contributed by atoms with Crippen LogP contribution in [0.5, 0.6) is 0 Å². The third kappa shape index (κ3) is 2.73. The molecular formula is C19H22N6O. The van der Waals surface area contributed by atoms with Crippen LogP contribution >= 0.6 is 0 Å². The third-order valence-electron chi connectivity index (χ3n) is 5.33. The summed E-state index contributed by atoms with van der Waals surface area (Å²) in [7, 11) is 0. The first kappa shape index (κ1) is 15.4. The lowest BCUT2D eigenvalue weighted by Crippen LogP contribution is -2.47. The fraction of sp³-hybridized carbons (Fsp3) is 0.421. The molecule has 2 aliphatic heterocycles. The number of furan rings is 1. The monoisotopic (exact) mass is 350 g/mol. The van der Waals surface area contributed by atoms with Crippen LogP contribution in [0.1, 0.15) is 12.8 Å². The molecule has 3 aromatic heterocycles. The fourth-order valence-corrected chi connectivity index (χ4v) is 3.91. The second-order valence-corrected chi connectivity index (χ2v) is 6.87. The van der Waals surface area contributed by atoms with E-state index in [4.69, 9.17) is 4.42 Å². The highest BCUT2D eigenvalue weighted by atomic mass is 16.3. The Balaban J connectivity index is 1.31. The van der Waals surface area contributed by atoms with Crippen molar-refractivity contribution in [2.45, 2.75) is 12.8 Å². The zero-order valence-corrected chi connectivity index (χ0v) is 14.7. The maximum absolute atomic E-state index is 5.50. The van der Waals surface area contributed by atoms with Crippen LogP contribution in [0, 0.1) is 0 Å². The molecule has 2 fully saturated rings. The molecule has 5 rings (SSSR count). The maximum Gasteiger partial charge on any atom is 0.139 e. The Morgan fingerprint density at radius 1 is 0.769 bits per heavy atom. The summed E-state index contributed by atoms with van der Waals surface area (Å²) >= 11 is 0. The molecule has 7 nitrogen and oxygen atoms in total. The molecule has 0 amide bonds. The number of aromatic nitrogens is 3. The summed E-state index contributed by atoms with van der Waals surface area (Å²) < 4.78 is 5.50. The van der Waals surface area contributed by atoms with E-state index in [0.29, 0.717) is 0 Å². The van der Waals surface area contributed by atoms with E-state index >= 15 is 0 Å². The number of hydrogen-bond donors (Lipinski definition) is 0. The molecule has 0 saturated carbocycles. The molecule has 134 valence electrons. The van der Waals surface area contributed by atoms with Gasteiger partial charge in [0.15, 0.2) is 0 Å². The lowest BCUT2D eigenvalue weighted by Gasteiger charge is -2.36. The van der Waals surface area contributed by atoms with Gasteiger partial charge in [-0.05, 0) is 25.0 Å². The first-order valence-corrected chi connectivity index (χ1v) is 9.27. The number of anilines is 3. The fourth-order valence-electron chi connectivity index (χ4n) is 3.91. The maximum atomic E-state index is 5.50. The number of fused-ring (bicyclic) bond motifs is 1. The predicted molar refractivity (Wildman–Crippen MR) is 102 cm³/mol. The van der Waals surface area contributed by atoms with Crippen LogP contribution in [0.2, 0.25) is 0 Å². The van der Waals surface area contributed by atoms with Crippen molar-refractivity contribution < 1.29 is 4.42 Å². The van der Waals surface area contributed by atoms with Crippen molar-refractivity contribution in [3.8, 4) is 0 Å². The Morgan fingerprint density at radius 3 is 2.23 bits per heavy atom. The lowest BCUT2D eigenvalue weighted by atomic mass is 10.2. The Bertz CT molecular complexity index is 896. The van der Waals surface area contributed by atoms with Crippen LogP contribution < -0.4 is 14.7 Å². The molecule has 0 unspecified atom stereocenters. The largest absolute Gasteiger partial charge is 0.464 e. The van der Waals surface area contributed by atoms with Crippen LogP contribution in [0.4, 0.5) is 17.5 Å². The summed E-state index contributed by atoms with van der Waals surface area (Å²) in [5.41, 5.74) is 0.892. The number of hydrogen-bond acceptors (Lipinski definition) is 7. The SMILES string of the molecule is c1nc(N2CCCC2)cc(N2CCN(c3nccc4occc34)CC2)n1. The van der Waals surface area contributed by atoms with Gasteiger partial charge in [-0.1, -0.05) is 0 Å². The minimum absolute atomic E-state index is 0.892. The van der Waals surface area contributed by atoms with Gasteiger partial charge < -0.3 is 19.1 Å². The minimum atomic E-state index is 0.892. The highest BCUT2D eigenvalue weighted by molar-refractivity contribution is 5.88. The lowest BCUT2D eigenvalue weighted by molar-refractivity contribution is 0.614. The van der Waals surface area contributed by atoms with Crippen LogP contribution in [-0.4, -0.2) is 54.2 Å². The molecule has 3 aromatic rings. The second kappa shape index (κ2) is 6.48. The predicted octanol–water partition coefficient (Wildman–Crippen LogP) is 2.54. The van der Waals surface area contributed by atoms with Crippen LogP contribution in [0.3, 0.4) is 0 Å². The molecule has 0 atom stereocenters. The van der Waals surface area contributed by atoms with Gasteiger partial charge >= 0.3 is 0 Å². The zero-order chi connectivity index (χ0) is 17.3. The smallest absolute Gasteiger partial charge is 0.139 e. The molecule has 0 aliphatic carbocycles. The van der Waals surface area contributed by atoms with Gasteiger partial charge in [0.05, 0.1) is 11.6 Å². The highest BCUT2D eigenvalue weighted by Crippen LogP contribution is 2.27. The third-order valence-corrected chi connectivity index (χ3v) is 5.33. The van der Waals surface area contributed by atoms with Crippen molar-refractivity contribution in [2.75, 3.05) is 54.0 Å². The van der Waals surface area contributed by atoms with E-state index in [1.807, 2.05) is 18.3 Å². The molecule has 0 radical (unpaired) electrons. The first-order chi connectivity index (χ1) is 12.9. The minimum Gasteiger partial charge on any atom is -0.464 e. The molecular weight excluding hydrogens is 328 g/mol. The normalized spacial score (nSPS) is 18.1. The standard InChI is InChI=1S/C19H22N6O/c1-2-7-23(6-1)17-13-18(22-14-21-17)24-8-10-25(11-9-24)19-15-4-12-26-16(15)3-5-20-19/h3-5,12-14H,1-2,6-11H2. The van der Waals surface area contributed by atoms with Crippen molar-refractivity contribution in [1.82, 2.24) is 15.0 Å². The number of piperazine rings is 1. The van der Waals surface area contributed by atoms with E-state index in [1.54, 1.807) is 12.6 Å². The van der Waals surface area contributed by atoms with Crippen molar-refractivity contribution in [3.05, 3.63) is 37.0 Å². The Kier molecular flexibility index (Phi) is 3.84. The summed E-state index contributed by atoms with van der Waals surface area (Å²) in [4.78, 5) is 20.6. The van der Waals surface area contributed by atoms with E-state index in [2.05, 4.69) is 35.7 Å². The summed E-state index contributed by atoms with van der Waals surface area (Å²) in [6.45, 7) is 5.88. The Hall–Kier alpha value is -2.83. The van der Waals surface area contributed by atoms with Gasteiger partial charge in [-0.25, -0.2) is 15.0 Å². The molecule has 0 spiro atoms. The molecule has 26 heavy (non-hydrogen) atoms. The quantitative estimate of drug-likeness (QED) is 0.719. The average Bonchev–Trinajstić information content (AvgIpc) is 3.40. The average molecular weight is 350 g/mol. The van der Waals surface area contributed by atoms with E-state index in [-0.39, 0.29) is 0 Å². The van der Waals surface area contributed by atoms with Crippen molar-refractivity contribution in [2.24, 2.45) is 0 Å². The van der Waals surface area contributed by atoms with Gasteiger partial charge in [-0.3, -0.25) is 0 Å². The van der Waals surface area contributed by atoms with E-state index < -0.39 is 0 Å². The zero-order valence-electron chi connectivity index (χ0n) is 14.7. The summed E-state index contributed by atoms with van der Waals surface area (Å²) in [6.07, 6.45) is 7.76. The molecule has 0 N–H and O–H groups in total. The summed E-state index contributed by atoms with van der Waals surface area (Å²) in [5.74, 6) is 3.09. The van der Waals surface area contributed by atoms with E-state index in [9.17, 15) is 0 Å². The van der Waals surface area contributed by atoms with Crippen LogP contribution in [0.25, 0.3) is 11.0 Å². The van der Waals surface area contributed by atoms with Gasteiger partial charge in [0.25, 0.3) is 0 Å². The molecule has 7 heteroatoms. The molecule has 0 bridgehead atoms. The van der Waals surface area contributed by atoms with E-state index in [0.717, 1.165) is 67.7 Å². The first-order valence-electron chi connectivity index (χ1n) is 9.27. The molecule has 2 saturated heterocycles. The van der Waals surface area contributed by atoms with Gasteiger partial charge in [0.1, 0.15) is 29.4 Å². The number of rotatable bonds is 3. The summed E-state index contributed by atoms with van der Waals surface area (Å²) in [6, 6.07) is 6.04. The Labute approximate surface area is 152 Å². The van der Waals surface area contributed by atoms with Crippen molar-refractivity contribution >= 4 is 28.4 Å². The number of nitrogens with zero attached hydrogens (tertiary/aromatic N) is 6. The van der Waals surface area contributed by atoms with Crippen LogP contribution in [-0.2, 0) is 0 Å². The molecule has 5 heterocycles. The van der Waals surface area contributed by atoms with Gasteiger partial charge in [-0.2, -0.15) is 0 Å². The van der Waals surface area contributed by atoms with Gasteiger partial charge in [0, 0.05) is 51.5 Å². The molecule has 2 aliphatic rings. The van der Waals surface area contributed by atoms with Crippen LogP contribution in [0.15, 0.2) is 41.4 Å². The second-order valence-electron chi connectivity index (χ2n) is 6.87. The Morgan fingerprint density at radius 2 is 1.46 bits per heavy atom. The van der Waals surface area contributed by atoms with Gasteiger partial charge in [-0.15, -0.1) is 0 Å². The van der Waals surface area contributed by atoms with Crippen molar-refractivity contribution in [3.63, 3.8) is 0 Å². The molecule has 0 aromatic carbocycles. The summed E-state index contributed by atoms with van der Waals surface area (Å²) in [5, 5.41) is 1.08. The topological polar surface area (TPSA) is 61.5 Å². The van der Waals surface area contributed by atoms with Gasteiger partial charge in [0.2, 0.25) is 0 Å². The highest BCUT2D eigenvalue weighted by Gasteiger charge is 2.22. The number of pyridine rings is 1. The van der Waals surface area contributed by atoms with E-state index in [1.165, 1.54) is 12.8 Å². The van der Waals surface area contributed by atoms with Crippen molar-refractivity contribution in [1.29, 1.82) is 0 Å².